The molecule has 0 spiro atoms. The molecule has 9 rings (SSSR count). The number of carbonyl (C=O) groups is 2. The molecule has 6 heterocycles. The number of anilines is 2. The molecule has 3 aromatic carbocycles. The van der Waals surface area contributed by atoms with E-state index in [1.165, 1.54) is 54.6 Å². The summed E-state index contributed by atoms with van der Waals surface area (Å²) in [6, 6.07) is 25.8. The number of hydrogen-bond donors (Lipinski definition) is 3. The monoisotopic (exact) mass is 819 g/mol. The number of carbonyl (C=O) groups excluding carboxylic acids is 2. The Balaban J connectivity index is 0.753. The molecule has 316 valence electrons. The quantitative estimate of drug-likeness (QED) is 0.120. The number of hydrogen-bond acceptors (Lipinski definition) is 9. The van der Waals surface area contributed by atoms with Crippen molar-refractivity contribution in [3.8, 4) is 22.5 Å². The zero-order valence-electron chi connectivity index (χ0n) is 35.8. The fraction of sp³-hybridized carbons (Fsp3) is 0.417. The summed E-state index contributed by atoms with van der Waals surface area (Å²) in [4.78, 5) is 43.5. The van der Waals surface area contributed by atoms with Gasteiger partial charge in [-0.1, -0.05) is 41.6 Å². The molecule has 13 nitrogen and oxygen atoms in total. The highest BCUT2D eigenvalue weighted by Crippen LogP contribution is 2.34. The number of aryl methyl sites for hydroxylation is 1. The average molecular weight is 820 g/mol. The minimum atomic E-state index is -0.340. The van der Waals surface area contributed by atoms with E-state index in [0.29, 0.717) is 31.3 Å². The fourth-order valence-electron chi connectivity index (χ4n) is 9.18. The third-order valence-electron chi connectivity index (χ3n) is 12.9. The maximum absolute atomic E-state index is 12.2. The Labute approximate surface area is 357 Å². The fourth-order valence-corrected chi connectivity index (χ4v) is 9.18. The van der Waals surface area contributed by atoms with Gasteiger partial charge in [-0.15, -0.1) is 5.10 Å². The summed E-state index contributed by atoms with van der Waals surface area (Å²) in [5, 5.41) is 15.6. The molecule has 0 atom stereocenters. The molecule has 3 fully saturated rings. The van der Waals surface area contributed by atoms with Crippen molar-refractivity contribution in [1.29, 1.82) is 0 Å². The summed E-state index contributed by atoms with van der Waals surface area (Å²) in [6.07, 6.45) is 8.75. The van der Waals surface area contributed by atoms with Gasteiger partial charge < -0.3 is 20.1 Å². The highest BCUT2D eigenvalue weighted by Gasteiger charge is 2.27. The van der Waals surface area contributed by atoms with Crippen molar-refractivity contribution in [2.75, 3.05) is 49.1 Å². The molecule has 0 bridgehead atoms. The standard InChI is InChI=1S/C48H57N11O2/c1-32-25-37(9-10-38(32)27-49-28-39-30-59(55-54-39)48(2,3)4)45-42-26-43(52-46(42)51-31-50-45)36-7-5-34(6-8-36)35-17-20-56(21-18-35)29-33-15-22-57(23-16-33)40-11-13-41(14-12-40)58-24-19-44(60)53-47(58)61/h5-14,25-26,30-31,33,35,49H,15-24,27-29H2,1-4H3,(H,50,51,52)(H,53,60,61). The number of aromatic nitrogens is 6. The van der Waals surface area contributed by atoms with E-state index in [4.69, 9.17) is 4.98 Å². The van der Waals surface area contributed by atoms with Crippen molar-refractivity contribution in [1.82, 2.24) is 45.5 Å². The van der Waals surface area contributed by atoms with Crippen molar-refractivity contribution < 1.29 is 9.59 Å². The molecular formula is C48H57N11O2. The highest BCUT2D eigenvalue weighted by atomic mass is 16.2. The van der Waals surface area contributed by atoms with E-state index in [-0.39, 0.29) is 17.5 Å². The second-order valence-electron chi connectivity index (χ2n) is 18.1. The number of rotatable bonds is 11. The molecule has 13 heteroatoms. The number of fused-ring (bicyclic) bond motifs is 1. The molecular weight excluding hydrogens is 763 g/mol. The average Bonchev–Trinajstić information content (AvgIpc) is 3.94. The van der Waals surface area contributed by atoms with Gasteiger partial charge >= 0.3 is 6.03 Å². The van der Waals surface area contributed by atoms with Crippen LogP contribution in [0.1, 0.15) is 81.2 Å². The smallest absolute Gasteiger partial charge is 0.328 e. The zero-order valence-corrected chi connectivity index (χ0v) is 35.8. The Kier molecular flexibility index (Phi) is 11.4. The molecule has 3 aromatic heterocycles. The van der Waals surface area contributed by atoms with Gasteiger partial charge in [0.2, 0.25) is 5.91 Å². The predicted molar refractivity (Wildman–Crippen MR) is 240 cm³/mol. The van der Waals surface area contributed by atoms with Crippen LogP contribution in [0.4, 0.5) is 16.2 Å². The molecule has 3 aliphatic rings. The van der Waals surface area contributed by atoms with E-state index in [0.717, 1.165) is 77.7 Å². The van der Waals surface area contributed by atoms with E-state index in [2.05, 4.69) is 129 Å². The Morgan fingerprint density at radius 2 is 1.54 bits per heavy atom. The van der Waals surface area contributed by atoms with Gasteiger partial charge in [-0.2, -0.15) is 0 Å². The van der Waals surface area contributed by atoms with Crippen LogP contribution in [0, 0.1) is 12.8 Å². The SMILES string of the molecule is Cc1cc(-c2ncnc3[nH]c(-c4ccc(C5CCN(CC6CCN(c7ccc(N8CCC(=O)NC8=O)cc7)CC6)CC5)cc4)cc23)ccc1CNCc1cn(C(C)(C)C)nn1. The summed E-state index contributed by atoms with van der Waals surface area (Å²) in [7, 11) is 0. The first-order valence-corrected chi connectivity index (χ1v) is 21.9. The number of imide groups is 1. The topological polar surface area (TPSA) is 140 Å². The molecule has 0 saturated carbocycles. The summed E-state index contributed by atoms with van der Waals surface area (Å²) in [5.74, 6) is 1.09. The third kappa shape index (κ3) is 9.08. The lowest BCUT2D eigenvalue weighted by atomic mass is 9.87. The van der Waals surface area contributed by atoms with Gasteiger partial charge in [-0.3, -0.25) is 15.0 Å². The Hall–Kier alpha value is -5.92. The number of nitrogens with one attached hydrogen (secondary N) is 3. The highest BCUT2D eigenvalue weighted by molar-refractivity contribution is 6.05. The van der Waals surface area contributed by atoms with Crippen LogP contribution in [0.5, 0.6) is 0 Å². The van der Waals surface area contributed by atoms with Gasteiger partial charge in [0.15, 0.2) is 0 Å². The van der Waals surface area contributed by atoms with Crippen molar-refractivity contribution in [2.45, 2.75) is 84.3 Å². The number of nitrogens with zero attached hydrogens (tertiary/aromatic N) is 8. The number of H-pyrrole nitrogens is 1. The van der Waals surface area contributed by atoms with E-state index in [1.54, 1.807) is 11.2 Å². The Morgan fingerprint density at radius 3 is 2.25 bits per heavy atom. The number of benzene rings is 3. The van der Waals surface area contributed by atoms with Gasteiger partial charge in [0, 0.05) is 73.7 Å². The zero-order chi connectivity index (χ0) is 42.1. The van der Waals surface area contributed by atoms with Gasteiger partial charge in [-0.25, -0.2) is 19.4 Å². The lowest BCUT2D eigenvalue weighted by Gasteiger charge is -2.38. The van der Waals surface area contributed by atoms with Gasteiger partial charge in [0.1, 0.15) is 12.0 Å². The summed E-state index contributed by atoms with van der Waals surface area (Å²) >= 11 is 0. The minimum Gasteiger partial charge on any atom is -0.372 e. The Morgan fingerprint density at radius 1 is 0.803 bits per heavy atom. The van der Waals surface area contributed by atoms with E-state index >= 15 is 0 Å². The van der Waals surface area contributed by atoms with E-state index < -0.39 is 0 Å². The predicted octanol–water partition coefficient (Wildman–Crippen LogP) is 7.78. The maximum atomic E-state index is 12.2. The summed E-state index contributed by atoms with van der Waals surface area (Å²) in [6.45, 7) is 15.9. The maximum Gasteiger partial charge on any atom is 0.328 e. The van der Waals surface area contributed by atoms with Crippen LogP contribution >= 0.6 is 0 Å². The summed E-state index contributed by atoms with van der Waals surface area (Å²) in [5.41, 5.74) is 11.8. The number of piperidine rings is 2. The van der Waals surface area contributed by atoms with Gasteiger partial charge in [0.25, 0.3) is 0 Å². The van der Waals surface area contributed by atoms with E-state index in [1.807, 2.05) is 23.0 Å². The molecule has 3 saturated heterocycles. The molecule has 3 N–H and O–H groups in total. The molecule has 3 aliphatic heterocycles. The number of urea groups is 1. The van der Waals surface area contributed by atoms with E-state index in [9.17, 15) is 9.59 Å². The third-order valence-corrected chi connectivity index (χ3v) is 12.9. The van der Waals surface area contributed by atoms with Gasteiger partial charge in [0.05, 0.1) is 23.1 Å². The van der Waals surface area contributed by atoms with Gasteiger partial charge in [-0.05, 0) is 137 Å². The molecule has 0 aliphatic carbocycles. The molecule has 3 amide bonds. The second kappa shape index (κ2) is 17.2. The number of amides is 3. The Bertz CT molecular complexity index is 2490. The van der Waals surface area contributed by atoms with Crippen LogP contribution in [-0.2, 0) is 23.4 Å². The lowest BCUT2D eigenvalue weighted by molar-refractivity contribution is -0.120. The normalized spacial score (nSPS) is 17.4. The summed E-state index contributed by atoms with van der Waals surface area (Å²) < 4.78 is 1.91. The lowest BCUT2D eigenvalue weighted by Crippen LogP contribution is -2.49. The molecule has 61 heavy (non-hydrogen) atoms. The second-order valence-corrected chi connectivity index (χ2v) is 18.1. The minimum absolute atomic E-state index is 0.0857. The van der Waals surface area contributed by atoms with Crippen LogP contribution < -0.4 is 20.4 Å². The molecule has 0 radical (unpaired) electrons. The van der Waals surface area contributed by atoms with Crippen molar-refractivity contribution in [3.63, 3.8) is 0 Å². The van der Waals surface area contributed by atoms with Crippen LogP contribution in [0.25, 0.3) is 33.5 Å². The molecule has 6 aromatic rings. The van der Waals surface area contributed by atoms with Crippen LogP contribution in [0.3, 0.4) is 0 Å². The van der Waals surface area contributed by atoms with Crippen molar-refractivity contribution in [3.05, 3.63) is 108 Å². The van der Waals surface area contributed by atoms with Crippen molar-refractivity contribution >= 4 is 34.3 Å². The van der Waals surface area contributed by atoms with Crippen LogP contribution in [-0.4, -0.2) is 86.1 Å². The first-order valence-electron chi connectivity index (χ1n) is 21.9. The first-order chi connectivity index (χ1) is 29.5. The van der Waals surface area contributed by atoms with Crippen molar-refractivity contribution in [2.24, 2.45) is 5.92 Å². The largest absolute Gasteiger partial charge is 0.372 e. The number of likely N-dealkylation sites (tertiary alicyclic amines) is 1. The molecule has 0 unspecified atom stereocenters. The van der Waals surface area contributed by atoms with Crippen LogP contribution in [0.2, 0.25) is 0 Å². The first kappa shape index (κ1) is 40.5. The van der Waals surface area contributed by atoms with Crippen LogP contribution in [0.15, 0.2) is 85.3 Å². The number of aromatic amines is 1.